The van der Waals surface area contributed by atoms with Crippen molar-refractivity contribution in [2.75, 3.05) is 31.7 Å². The van der Waals surface area contributed by atoms with Gasteiger partial charge in [-0.15, -0.1) is 0 Å². The molecule has 1 aromatic heterocycles. The molecule has 0 unspecified atom stereocenters. The van der Waals surface area contributed by atoms with Crippen molar-refractivity contribution >= 4 is 15.8 Å². The number of likely N-dealkylation sites (tertiary alicyclic amines) is 1. The van der Waals surface area contributed by atoms with Crippen molar-refractivity contribution in [2.45, 2.75) is 55.5 Å². The lowest BCUT2D eigenvalue weighted by atomic mass is 9.88. The van der Waals surface area contributed by atoms with Gasteiger partial charge in [-0.1, -0.05) is 12.1 Å². The standard InChI is InChI=1S/C34H34F4N4O6S/c1-45-24-8-5-22(30(16-24)46-2)19-42(33-9-12-39-20-40-33)49(43,44)32-18-31-26(17-27(32)36)28(11-14-47-31)41-13-10-25(48-34(37)38)15-29(41)21-3-6-23(35)7-4-21/h3-9,12,16-18,20,25,28-29,34H,10-11,13-15,19H2,1-2H3/t25-,28+,29+/m1/s1. The Morgan fingerprint density at radius 1 is 1.00 bits per heavy atom. The first-order valence-corrected chi connectivity index (χ1v) is 16.9. The van der Waals surface area contributed by atoms with Gasteiger partial charge in [0.05, 0.1) is 33.5 Å². The Labute approximate surface area is 281 Å². The molecule has 3 atom stereocenters. The zero-order valence-electron chi connectivity index (χ0n) is 26.6. The first-order chi connectivity index (χ1) is 23.6. The molecule has 1 fully saturated rings. The maximum Gasteiger partial charge on any atom is 0.345 e. The van der Waals surface area contributed by atoms with Crippen LogP contribution in [0.15, 0.2) is 78.1 Å². The normalized spacial score (nSPS) is 19.6. The van der Waals surface area contributed by atoms with Gasteiger partial charge in [-0.25, -0.2) is 31.5 Å². The number of fused-ring (bicyclic) bond motifs is 1. The summed E-state index contributed by atoms with van der Waals surface area (Å²) in [6, 6.07) is 13.5. The van der Waals surface area contributed by atoms with Crippen molar-refractivity contribution in [2.24, 2.45) is 0 Å². The molecule has 0 spiro atoms. The summed E-state index contributed by atoms with van der Waals surface area (Å²) in [5, 5.41) is 0. The maximum atomic E-state index is 16.2. The molecule has 49 heavy (non-hydrogen) atoms. The van der Waals surface area contributed by atoms with Crippen LogP contribution in [0.25, 0.3) is 0 Å². The summed E-state index contributed by atoms with van der Waals surface area (Å²) in [7, 11) is -1.68. The number of nitrogens with zero attached hydrogens (tertiary/aromatic N) is 4. The molecular formula is C34H34F4N4O6S. The summed E-state index contributed by atoms with van der Waals surface area (Å²) in [4.78, 5) is 9.44. The Bertz CT molecular complexity index is 1870. The van der Waals surface area contributed by atoms with E-state index in [2.05, 4.69) is 9.97 Å². The molecule has 0 radical (unpaired) electrons. The van der Waals surface area contributed by atoms with Crippen LogP contribution in [0.3, 0.4) is 0 Å². The predicted molar refractivity (Wildman–Crippen MR) is 170 cm³/mol. The van der Waals surface area contributed by atoms with Gasteiger partial charge in [0.15, 0.2) is 0 Å². The minimum atomic E-state index is -4.61. The van der Waals surface area contributed by atoms with E-state index in [0.717, 1.165) is 10.4 Å². The van der Waals surface area contributed by atoms with Crippen LogP contribution >= 0.6 is 0 Å². The fraction of sp³-hybridized carbons (Fsp3) is 0.353. The predicted octanol–water partition coefficient (Wildman–Crippen LogP) is 6.44. The highest BCUT2D eigenvalue weighted by atomic mass is 32.2. The van der Waals surface area contributed by atoms with Crippen molar-refractivity contribution in [1.82, 2.24) is 14.9 Å². The zero-order valence-corrected chi connectivity index (χ0v) is 27.5. The van der Waals surface area contributed by atoms with Crippen LogP contribution in [-0.4, -0.2) is 63.4 Å². The highest BCUT2D eigenvalue weighted by Gasteiger charge is 2.40. The van der Waals surface area contributed by atoms with Crippen molar-refractivity contribution in [3.05, 3.63) is 102 Å². The number of hydrogen-bond acceptors (Lipinski definition) is 9. The molecule has 3 aromatic carbocycles. The number of aromatic nitrogens is 2. The van der Waals surface area contributed by atoms with E-state index in [0.29, 0.717) is 41.2 Å². The average molecular weight is 703 g/mol. The average Bonchev–Trinajstić information content (AvgIpc) is 3.10. The van der Waals surface area contributed by atoms with E-state index < -0.39 is 51.4 Å². The second kappa shape index (κ2) is 14.6. The number of alkyl halides is 2. The summed E-state index contributed by atoms with van der Waals surface area (Å²) in [5.41, 5.74) is 1.56. The van der Waals surface area contributed by atoms with Gasteiger partial charge in [0.25, 0.3) is 10.0 Å². The van der Waals surface area contributed by atoms with Crippen molar-refractivity contribution < 1.29 is 44.9 Å². The lowest BCUT2D eigenvalue weighted by Crippen LogP contribution is -2.43. The molecule has 0 N–H and O–H groups in total. The van der Waals surface area contributed by atoms with Gasteiger partial charge in [0.1, 0.15) is 45.9 Å². The lowest BCUT2D eigenvalue weighted by Gasteiger charge is -2.45. The number of benzene rings is 3. The Hall–Kier alpha value is -4.47. The smallest absolute Gasteiger partial charge is 0.345 e. The Morgan fingerprint density at radius 3 is 2.49 bits per heavy atom. The Morgan fingerprint density at radius 2 is 1.80 bits per heavy atom. The van der Waals surface area contributed by atoms with E-state index in [1.807, 2.05) is 4.90 Å². The third-order valence-corrected chi connectivity index (χ3v) is 10.6. The van der Waals surface area contributed by atoms with Gasteiger partial charge in [-0.2, -0.15) is 8.78 Å². The molecule has 6 rings (SSSR count). The number of piperidine rings is 1. The van der Waals surface area contributed by atoms with Crippen LogP contribution in [0.4, 0.5) is 23.4 Å². The number of methoxy groups -OCH3 is 2. The number of rotatable bonds is 11. The van der Waals surface area contributed by atoms with E-state index in [4.69, 9.17) is 18.9 Å². The highest BCUT2D eigenvalue weighted by Crippen LogP contribution is 2.46. The molecule has 10 nitrogen and oxygen atoms in total. The third kappa shape index (κ3) is 7.28. The number of ether oxygens (including phenoxy) is 4. The van der Waals surface area contributed by atoms with Crippen LogP contribution in [0.5, 0.6) is 17.2 Å². The Kier molecular flexibility index (Phi) is 10.2. The molecule has 1 saturated heterocycles. The topological polar surface area (TPSA) is 103 Å². The second-order valence-corrected chi connectivity index (χ2v) is 13.4. The summed E-state index contributed by atoms with van der Waals surface area (Å²) < 4.78 is 108. The highest BCUT2D eigenvalue weighted by molar-refractivity contribution is 7.92. The van der Waals surface area contributed by atoms with Crippen LogP contribution in [0, 0.1) is 11.6 Å². The largest absolute Gasteiger partial charge is 0.497 e. The fourth-order valence-corrected chi connectivity index (χ4v) is 7.96. The monoisotopic (exact) mass is 702 g/mol. The summed E-state index contributed by atoms with van der Waals surface area (Å²) in [5.74, 6) is -0.435. The van der Waals surface area contributed by atoms with Gasteiger partial charge >= 0.3 is 6.61 Å². The molecule has 0 amide bonds. The number of sulfonamides is 1. The number of hydrogen-bond donors (Lipinski definition) is 0. The van der Waals surface area contributed by atoms with E-state index in [-0.39, 0.29) is 37.6 Å². The first-order valence-electron chi connectivity index (χ1n) is 15.5. The van der Waals surface area contributed by atoms with Gasteiger partial charge < -0.3 is 18.9 Å². The minimum absolute atomic E-state index is 0.000172. The van der Waals surface area contributed by atoms with Gasteiger partial charge in [0.2, 0.25) is 0 Å². The van der Waals surface area contributed by atoms with E-state index >= 15 is 4.39 Å². The van der Waals surface area contributed by atoms with Crippen LogP contribution < -0.4 is 18.5 Å². The molecule has 0 bridgehead atoms. The summed E-state index contributed by atoms with van der Waals surface area (Å²) in [6.07, 6.45) is 2.72. The van der Waals surface area contributed by atoms with E-state index in [1.54, 1.807) is 30.3 Å². The Balaban J connectivity index is 1.37. The fourth-order valence-electron chi connectivity index (χ4n) is 6.50. The van der Waals surface area contributed by atoms with E-state index in [1.165, 1.54) is 51.0 Å². The lowest BCUT2D eigenvalue weighted by molar-refractivity contribution is -0.180. The van der Waals surface area contributed by atoms with Gasteiger partial charge in [-0.3, -0.25) is 4.90 Å². The molecule has 0 saturated carbocycles. The van der Waals surface area contributed by atoms with Gasteiger partial charge in [-0.05, 0) is 48.7 Å². The molecular weight excluding hydrogens is 668 g/mol. The SMILES string of the molecule is COc1ccc(CN(c2ccncn2)S(=O)(=O)c2cc3c(cc2F)[C@@H](N2CC[C@@H](OC(F)F)C[C@H]2c2ccc(F)cc2)CCO3)c(OC)c1. The second-order valence-electron chi connectivity index (χ2n) is 11.6. The molecule has 3 heterocycles. The van der Waals surface area contributed by atoms with Crippen LogP contribution in [0.2, 0.25) is 0 Å². The molecule has 260 valence electrons. The quantitative estimate of drug-likeness (QED) is 0.164. The summed E-state index contributed by atoms with van der Waals surface area (Å²) in [6.45, 7) is -2.71. The zero-order chi connectivity index (χ0) is 34.7. The molecule has 4 aromatic rings. The molecule has 15 heteroatoms. The number of halogens is 4. The third-order valence-electron chi connectivity index (χ3n) is 8.82. The molecule has 0 aliphatic carbocycles. The maximum absolute atomic E-state index is 16.2. The van der Waals surface area contributed by atoms with Crippen LogP contribution in [0.1, 0.15) is 48.0 Å². The van der Waals surface area contributed by atoms with Crippen molar-refractivity contribution in [1.29, 1.82) is 0 Å². The van der Waals surface area contributed by atoms with Crippen molar-refractivity contribution in [3.63, 3.8) is 0 Å². The van der Waals surface area contributed by atoms with Gasteiger partial charge in [0, 0.05) is 60.6 Å². The minimum Gasteiger partial charge on any atom is -0.497 e. The summed E-state index contributed by atoms with van der Waals surface area (Å²) >= 11 is 0. The molecule has 2 aliphatic rings. The van der Waals surface area contributed by atoms with E-state index in [9.17, 15) is 21.6 Å². The molecule has 2 aliphatic heterocycles. The number of anilines is 1. The van der Waals surface area contributed by atoms with Crippen LogP contribution in [-0.2, 0) is 21.3 Å². The first kappa shape index (κ1) is 34.4. The van der Waals surface area contributed by atoms with Crippen molar-refractivity contribution in [3.8, 4) is 17.2 Å².